The summed E-state index contributed by atoms with van der Waals surface area (Å²) in [6.07, 6.45) is 3.11. The first-order chi connectivity index (χ1) is 14.2. The normalized spacial score (nSPS) is 14.8. The predicted molar refractivity (Wildman–Crippen MR) is 115 cm³/mol. The van der Waals surface area contributed by atoms with Gasteiger partial charge in [0.2, 0.25) is 0 Å². The van der Waals surface area contributed by atoms with E-state index in [1.165, 1.54) is 6.20 Å². The molecule has 2 aromatic rings. The molecule has 1 aromatic carbocycles. The summed E-state index contributed by atoms with van der Waals surface area (Å²) in [5, 5.41) is 6.45. The molecule has 0 bridgehead atoms. The van der Waals surface area contributed by atoms with Gasteiger partial charge in [0.25, 0.3) is 5.91 Å². The average Bonchev–Trinajstić information content (AvgIpc) is 2.68. The molecule has 2 heterocycles. The Balaban J connectivity index is 1.70. The smallest absolute Gasteiger partial charge is 0.338 e. The van der Waals surface area contributed by atoms with Gasteiger partial charge in [0.15, 0.2) is 11.4 Å². The van der Waals surface area contributed by atoms with Crippen molar-refractivity contribution in [1.82, 2.24) is 10.3 Å². The molecule has 0 aliphatic carbocycles. The van der Waals surface area contributed by atoms with Crippen LogP contribution in [0.15, 0.2) is 36.5 Å². The van der Waals surface area contributed by atoms with Crippen molar-refractivity contribution in [3.05, 3.63) is 52.8 Å². The van der Waals surface area contributed by atoms with E-state index in [1.54, 1.807) is 30.3 Å². The first-order valence-electron chi connectivity index (χ1n) is 9.89. The number of carbonyl (C=O) groups excluding carboxylic acids is 2. The Kier molecular flexibility index (Phi) is 6.95. The van der Waals surface area contributed by atoms with Crippen molar-refractivity contribution in [3.8, 4) is 5.75 Å². The number of anilines is 1. The van der Waals surface area contributed by atoms with E-state index in [-0.39, 0.29) is 11.8 Å². The topological polar surface area (TPSA) is 89.5 Å². The molecule has 2 N–H and O–H groups in total. The van der Waals surface area contributed by atoms with Gasteiger partial charge in [0, 0.05) is 18.0 Å². The second kappa shape index (κ2) is 9.45. The number of aromatic nitrogens is 1. The Morgan fingerprint density at radius 2 is 1.83 bits per heavy atom. The lowest BCUT2D eigenvalue weighted by atomic mass is 10.1. The number of amides is 1. The lowest BCUT2D eigenvalue weighted by Gasteiger charge is -2.24. The number of piperidine rings is 1. The van der Waals surface area contributed by atoms with Crippen LogP contribution < -0.4 is 15.4 Å². The second-order valence-corrected chi connectivity index (χ2v) is 8.54. The van der Waals surface area contributed by atoms with E-state index in [2.05, 4.69) is 15.6 Å². The third-order valence-corrected chi connectivity index (χ3v) is 4.60. The molecule has 1 aliphatic heterocycles. The van der Waals surface area contributed by atoms with Crippen molar-refractivity contribution in [3.63, 3.8) is 0 Å². The van der Waals surface area contributed by atoms with Gasteiger partial charge >= 0.3 is 5.97 Å². The summed E-state index contributed by atoms with van der Waals surface area (Å²) in [5.41, 5.74) is 0.517. The number of hydrogen-bond donors (Lipinski definition) is 2. The fourth-order valence-electron chi connectivity index (χ4n) is 2.99. The zero-order valence-electron chi connectivity index (χ0n) is 17.3. The summed E-state index contributed by atoms with van der Waals surface area (Å²) in [6.45, 7) is 7.15. The lowest BCUT2D eigenvalue weighted by Crippen LogP contribution is -2.34. The molecule has 1 aliphatic rings. The van der Waals surface area contributed by atoms with E-state index >= 15 is 0 Å². The van der Waals surface area contributed by atoms with Crippen molar-refractivity contribution in [1.29, 1.82) is 0 Å². The number of carbonyl (C=O) groups is 2. The third-order valence-electron chi connectivity index (χ3n) is 4.39. The van der Waals surface area contributed by atoms with Crippen molar-refractivity contribution in [2.75, 3.05) is 18.4 Å². The Bertz CT molecular complexity index is 904. The number of esters is 1. The molecule has 3 rings (SSSR count). The van der Waals surface area contributed by atoms with Gasteiger partial charge in [-0.15, -0.1) is 0 Å². The molecule has 1 fully saturated rings. The quantitative estimate of drug-likeness (QED) is 0.693. The van der Waals surface area contributed by atoms with Crippen molar-refractivity contribution >= 4 is 29.2 Å². The fraction of sp³-hybridized carbons (Fsp3) is 0.409. The minimum Gasteiger partial charge on any atom is -0.488 e. The van der Waals surface area contributed by atoms with Gasteiger partial charge in [0.1, 0.15) is 11.7 Å². The first-order valence-corrected chi connectivity index (χ1v) is 10.3. The molecule has 7 nitrogen and oxygen atoms in total. The molecular weight excluding hydrogens is 406 g/mol. The highest BCUT2D eigenvalue weighted by molar-refractivity contribution is 6.30. The number of pyridine rings is 1. The number of benzene rings is 1. The molecule has 1 saturated heterocycles. The lowest BCUT2D eigenvalue weighted by molar-refractivity contribution is 0.00695. The maximum Gasteiger partial charge on any atom is 0.338 e. The van der Waals surface area contributed by atoms with Crippen LogP contribution in [0.1, 0.15) is 54.5 Å². The number of nitrogens with one attached hydrogen (secondary N) is 2. The van der Waals surface area contributed by atoms with Crippen LogP contribution in [0.5, 0.6) is 5.75 Å². The SMILES string of the molecule is CC(C)(C)OC(=O)c1ccc(NC(=O)c2ncc(Cl)cc2OC2CCNCC2)cc1. The summed E-state index contributed by atoms with van der Waals surface area (Å²) in [7, 11) is 0. The predicted octanol–water partition coefficient (Wildman–Crippen LogP) is 4.07. The molecule has 30 heavy (non-hydrogen) atoms. The Morgan fingerprint density at radius 3 is 2.47 bits per heavy atom. The van der Waals surface area contributed by atoms with Gasteiger partial charge in [-0.2, -0.15) is 0 Å². The van der Waals surface area contributed by atoms with Crippen LogP contribution in [0.2, 0.25) is 5.02 Å². The fourth-order valence-corrected chi connectivity index (χ4v) is 3.14. The van der Waals surface area contributed by atoms with Gasteiger partial charge in [-0.3, -0.25) is 4.79 Å². The highest BCUT2D eigenvalue weighted by Crippen LogP contribution is 2.25. The van der Waals surface area contributed by atoms with Gasteiger partial charge < -0.3 is 20.1 Å². The van der Waals surface area contributed by atoms with E-state index in [4.69, 9.17) is 21.1 Å². The van der Waals surface area contributed by atoms with Gasteiger partial charge in [-0.1, -0.05) is 11.6 Å². The van der Waals surface area contributed by atoms with Crippen LogP contribution in [0, 0.1) is 0 Å². The van der Waals surface area contributed by atoms with Crippen LogP contribution in [0.25, 0.3) is 0 Å². The Morgan fingerprint density at radius 1 is 1.17 bits per heavy atom. The molecule has 0 atom stereocenters. The summed E-state index contributed by atoms with van der Waals surface area (Å²) in [5.74, 6) is -0.477. The molecule has 0 radical (unpaired) electrons. The monoisotopic (exact) mass is 431 g/mol. The molecule has 0 spiro atoms. The second-order valence-electron chi connectivity index (χ2n) is 8.10. The van der Waals surface area contributed by atoms with Gasteiger partial charge in [0.05, 0.1) is 10.6 Å². The maximum absolute atomic E-state index is 12.8. The van der Waals surface area contributed by atoms with E-state index in [9.17, 15) is 9.59 Å². The number of nitrogens with zero attached hydrogens (tertiary/aromatic N) is 1. The van der Waals surface area contributed by atoms with Crippen LogP contribution in [0.4, 0.5) is 5.69 Å². The number of rotatable bonds is 5. The third kappa shape index (κ3) is 6.18. The zero-order chi connectivity index (χ0) is 21.7. The van der Waals surface area contributed by atoms with E-state index < -0.39 is 17.5 Å². The Labute approximate surface area is 181 Å². The maximum atomic E-state index is 12.8. The highest BCUT2D eigenvalue weighted by atomic mass is 35.5. The zero-order valence-corrected chi connectivity index (χ0v) is 18.1. The van der Waals surface area contributed by atoms with E-state index in [1.807, 2.05) is 20.8 Å². The molecule has 0 saturated carbocycles. The molecule has 1 aromatic heterocycles. The van der Waals surface area contributed by atoms with Crippen LogP contribution in [-0.2, 0) is 4.74 Å². The standard InChI is InChI=1S/C22H26ClN3O4/c1-22(2,3)30-21(28)14-4-6-16(7-5-14)26-20(27)19-18(12-15(23)13-25-19)29-17-8-10-24-11-9-17/h4-7,12-13,17,24H,8-11H2,1-3H3,(H,26,27). The first kappa shape index (κ1) is 22.1. The van der Waals surface area contributed by atoms with Crippen molar-refractivity contribution in [2.45, 2.75) is 45.3 Å². The average molecular weight is 432 g/mol. The highest BCUT2D eigenvalue weighted by Gasteiger charge is 2.21. The summed E-state index contributed by atoms with van der Waals surface area (Å²) in [6, 6.07) is 8.09. The largest absolute Gasteiger partial charge is 0.488 e. The number of hydrogen-bond acceptors (Lipinski definition) is 6. The van der Waals surface area contributed by atoms with Crippen LogP contribution >= 0.6 is 11.6 Å². The molecule has 160 valence electrons. The van der Waals surface area contributed by atoms with Crippen LogP contribution in [0.3, 0.4) is 0 Å². The van der Waals surface area contributed by atoms with E-state index in [0.29, 0.717) is 22.0 Å². The minimum atomic E-state index is -0.574. The molecule has 0 unspecified atom stereocenters. The minimum absolute atomic E-state index is 0.00572. The molecule has 8 heteroatoms. The van der Waals surface area contributed by atoms with Gasteiger partial charge in [-0.05, 0) is 71.0 Å². The van der Waals surface area contributed by atoms with Crippen LogP contribution in [-0.4, -0.2) is 41.7 Å². The van der Waals surface area contributed by atoms with Gasteiger partial charge in [-0.25, -0.2) is 9.78 Å². The van der Waals surface area contributed by atoms with Crippen molar-refractivity contribution in [2.24, 2.45) is 0 Å². The number of ether oxygens (including phenoxy) is 2. The number of halogens is 1. The summed E-state index contributed by atoms with van der Waals surface area (Å²) < 4.78 is 11.4. The summed E-state index contributed by atoms with van der Waals surface area (Å²) >= 11 is 6.06. The van der Waals surface area contributed by atoms with Crippen molar-refractivity contribution < 1.29 is 19.1 Å². The molecular formula is C22H26ClN3O4. The Hall–Kier alpha value is -2.64. The summed E-state index contributed by atoms with van der Waals surface area (Å²) in [4.78, 5) is 29.1. The van der Waals surface area contributed by atoms with E-state index in [0.717, 1.165) is 25.9 Å². The molecule has 1 amide bonds.